The number of hydrogen-bond donors (Lipinski definition) is 1. The highest BCUT2D eigenvalue weighted by Gasteiger charge is 2.23. The third kappa shape index (κ3) is 3.56. The van der Waals surface area contributed by atoms with Crippen LogP contribution in [0.4, 0.5) is 0 Å². The van der Waals surface area contributed by atoms with Crippen LogP contribution in [0.1, 0.15) is 30.1 Å². The van der Waals surface area contributed by atoms with Crippen molar-refractivity contribution >= 4 is 33.4 Å². The number of benzene rings is 2. The summed E-state index contributed by atoms with van der Waals surface area (Å²) < 4.78 is 0. The van der Waals surface area contributed by atoms with Gasteiger partial charge in [0.05, 0.1) is 16.1 Å². The molecule has 0 saturated heterocycles. The van der Waals surface area contributed by atoms with E-state index in [9.17, 15) is 4.79 Å². The van der Waals surface area contributed by atoms with Gasteiger partial charge in [-0.15, -0.1) is 0 Å². The van der Waals surface area contributed by atoms with E-state index in [1.54, 1.807) is 6.20 Å². The lowest BCUT2D eigenvalue weighted by Gasteiger charge is -2.23. The number of para-hydroxylation sites is 2. The molecule has 2 atom stereocenters. The molecule has 0 spiro atoms. The highest BCUT2D eigenvalue weighted by atomic mass is 35.5. The number of nitrogens with zero attached hydrogens (tertiary/aromatic N) is 2. The van der Waals surface area contributed by atoms with Gasteiger partial charge >= 0.3 is 0 Å². The Labute approximate surface area is 173 Å². The van der Waals surface area contributed by atoms with E-state index in [0.717, 1.165) is 46.3 Å². The van der Waals surface area contributed by atoms with Gasteiger partial charge in [0.2, 0.25) is 0 Å². The van der Waals surface area contributed by atoms with Crippen LogP contribution in [0, 0.1) is 5.92 Å². The van der Waals surface area contributed by atoms with Crippen molar-refractivity contribution in [1.82, 2.24) is 15.0 Å². The Balaban J connectivity index is 1.42. The molecule has 2 unspecified atom stereocenters. The Morgan fingerprint density at radius 2 is 1.97 bits per heavy atom. The van der Waals surface area contributed by atoms with Gasteiger partial charge in [-0.2, -0.15) is 0 Å². The van der Waals surface area contributed by atoms with Gasteiger partial charge in [-0.05, 0) is 43.4 Å². The first-order valence-electron chi connectivity index (χ1n) is 9.86. The predicted octanol–water partition coefficient (Wildman–Crippen LogP) is 5.42. The maximum Gasteiger partial charge on any atom is 0.292 e. The number of aromatic amines is 1. The predicted molar refractivity (Wildman–Crippen MR) is 117 cm³/mol. The number of allylic oxidation sites excluding steroid dienone is 2. The van der Waals surface area contributed by atoms with E-state index in [2.05, 4.69) is 39.2 Å². The lowest BCUT2D eigenvalue weighted by Crippen LogP contribution is -2.20. The van der Waals surface area contributed by atoms with Crippen LogP contribution in [-0.2, 0) is 6.42 Å². The molecule has 0 fully saturated rings. The summed E-state index contributed by atoms with van der Waals surface area (Å²) in [5.41, 5.74) is 3.17. The Kier molecular flexibility index (Phi) is 4.64. The molecule has 0 amide bonds. The molecule has 4 aromatic rings. The third-order valence-electron chi connectivity index (χ3n) is 5.67. The summed E-state index contributed by atoms with van der Waals surface area (Å²) in [6.07, 6.45) is 8.76. The van der Waals surface area contributed by atoms with Gasteiger partial charge in [-0.3, -0.25) is 9.78 Å². The molecular formula is C24H20ClN3O. The summed E-state index contributed by atoms with van der Waals surface area (Å²) in [4.78, 5) is 25.0. The molecule has 1 N–H and O–H groups in total. The molecule has 2 heterocycles. The van der Waals surface area contributed by atoms with Crippen molar-refractivity contribution < 1.29 is 0 Å². The monoisotopic (exact) mass is 401 g/mol. The highest BCUT2D eigenvalue weighted by molar-refractivity contribution is 6.35. The van der Waals surface area contributed by atoms with E-state index in [1.165, 1.54) is 0 Å². The minimum absolute atomic E-state index is 0.0831. The van der Waals surface area contributed by atoms with Crippen LogP contribution >= 0.6 is 11.6 Å². The number of hydrogen-bond acceptors (Lipinski definition) is 3. The van der Waals surface area contributed by atoms with Gasteiger partial charge in [0, 0.05) is 28.6 Å². The van der Waals surface area contributed by atoms with E-state index in [0.29, 0.717) is 17.1 Å². The van der Waals surface area contributed by atoms with Crippen LogP contribution in [0.15, 0.2) is 71.7 Å². The minimum atomic E-state index is -0.220. The molecule has 144 valence electrons. The minimum Gasteiger partial charge on any atom is -0.357 e. The SMILES string of the molecule is O=c1nc2ccccc2cnc1C1CC=CC(Cc2cc3cccc(Cl)c3[nH]2)C1. The number of halogens is 1. The maximum atomic E-state index is 12.7. The smallest absolute Gasteiger partial charge is 0.292 e. The summed E-state index contributed by atoms with van der Waals surface area (Å²) >= 11 is 6.30. The molecular weight excluding hydrogens is 382 g/mol. The standard InChI is InChI=1S/C24H20ClN3O/c25-20-9-4-8-17-13-19(27-22(17)20)12-15-5-3-7-16(11-15)23-24(29)28-21-10-2-1-6-18(21)14-26-23/h1-6,8-10,13-16,27H,7,11-12H2. The second-order valence-electron chi connectivity index (χ2n) is 7.68. The molecule has 1 aliphatic rings. The summed E-state index contributed by atoms with van der Waals surface area (Å²) in [7, 11) is 0. The third-order valence-corrected chi connectivity index (χ3v) is 5.98. The molecule has 0 aliphatic heterocycles. The van der Waals surface area contributed by atoms with Crippen molar-refractivity contribution in [3.8, 4) is 0 Å². The van der Waals surface area contributed by atoms with Crippen LogP contribution in [0.2, 0.25) is 5.02 Å². The van der Waals surface area contributed by atoms with Gasteiger partial charge in [-0.25, -0.2) is 4.98 Å². The average Bonchev–Trinajstić information content (AvgIpc) is 3.05. The topological polar surface area (TPSA) is 58.6 Å². The van der Waals surface area contributed by atoms with Gasteiger partial charge < -0.3 is 4.98 Å². The largest absolute Gasteiger partial charge is 0.357 e. The Morgan fingerprint density at radius 3 is 2.86 bits per heavy atom. The summed E-state index contributed by atoms with van der Waals surface area (Å²) in [6.45, 7) is 0. The van der Waals surface area contributed by atoms with E-state index < -0.39 is 0 Å². The molecule has 5 heteroatoms. The maximum absolute atomic E-state index is 12.7. The van der Waals surface area contributed by atoms with E-state index >= 15 is 0 Å². The molecule has 2 aromatic carbocycles. The van der Waals surface area contributed by atoms with Gasteiger partial charge in [-0.1, -0.05) is 54.1 Å². The van der Waals surface area contributed by atoms with Crippen LogP contribution in [0.3, 0.4) is 0 Å². The second-order valence-corrected chi connectivity index (χ2v) is 8.09. The summed E-state index contributed by atoms with van der Waals surface area (Å²) in [6, 6.07) is 15.7. The first kappa shape index (κ1) is 18.1. The van der Waals surface area contributed by atoms with Gasteiger partial charge in [0.25, 0.3) is 5.56 Å². The quantitative estimate of drug-likeness (QED) is 0.466. The normalized spacial score (nSPS) is 19.1. The van der Waals surface area contributed by atoms with Crippen molar-refractivity contribution in [1.29, 1.82) is 0 Å². The van der Waals surface area contributed by atoms with Crippen LogP contribution < -0.4 is 5.56 Å². The average molecular weight is 402 g/mol. The zero-order valence-electron chi connectivity index (χ0n) is 15.8. The Bertz CT molecular complexity index is 1290. The fraction of sp³-hybridized carbons (Fsp3) is 0.208. The van der Waals surface area contributed by atoms with E-state index in [1.807, 2.05) is 36.4 Å². The molecule has 2 aromatic heterocycles. The number of aromatic nitrogens is 3. The molecule has 1 aliphatic carbocycles. The Morgan fingerprint density at radius 1 is 1.10 bits per heavy atom. The first-order chi connectivity index (χ1) is 14.2. The van der Waals surface area contributed by atoms with E-state index in [-0.39, 0.29) is 11.5 Å². The zero-order chi connectivity index (χ0) is 19.8. The van der Waals surface area contributed by atoms with Crippen LogP contribution in [0.25, 0.3) is 21.8 Å². The fourth-order valence-electron chi connectivity index (χ4n) is 4.26. The second kappa shape index (κ2) is 7.45. The molecule has 29 heavy (non-hydrogen) atoms. The number of rotatable bonds is 3. The molecule has 0 saturated carbocycles. The highest BCUT2D eigenvalue weighted by Crippen LogP contribution is 2.32. The van der Waals surface area contributed by atoms with Crippen molar-refractivity contribution in [2.45, 2.75) is 25.2 Å². The molecule has 0 bridgehead atoms. The lowest BCUT2D eigenvalue weighted by molar-refractivity contribution is 0.470. The van der Waals surface area contributed by atoms with E-state index in [4.69, 9.17) is 11.6 Å². The fourth-order valence-corrected chi connectivity index (χ4v) is 4.49. The molecule has 4 nitrogen and oxygen atoms in total. The summed E-state index contributed by atoms with van der Waals surface area (Å²) in [5.74, 6) is 0.418. The molecule has 5 rings (SSSR count). The zero-order valence-corrected chi connectivity index (χ0v) is 16.6. The van der Waals surface area contributed by atoms with Crippen LogP contribution in [0.5, 0.6) is 0 Å². The van der Waals surface area contributed by atoms with Crippen molar-refractivity contribution in [2.75, 3.05) is 0 Å². The van der Waals surface area contributed by atoms with Gasteiger partial charge in [0.1, 0.15) is 5.69 Å². The summed E-state index contributed by atoms with van der Waals surface area (Å²) in [5, 5.41) is 2.74. The molecule has 0 radical (unpaired) electrons. The van der Waals surface area contributed by atoms with Crippen LogP contribution in [-0.4, -0.2) is 15.0 Å². The first-order valence-corrected chi connectivity index (χ1v) is 10.2. The van der Waals surface area contributed by atoms with Crippen molar-refractivity contribution in [3.63, 3.8) is 0 Å². The number of fused-ring (bicyclic) bond motifs is 2. The van der Waals surface area contributed by atoms with Crippen molar-refractivity contribution in [2.24, 2.45) is 5.92 Å². The van der Waals surface area contributed by atoms with Gasteiger partial charge in [0.15, 0.2) is 0 Å². The number of H-pyrrole nitrogens is 1. The lowest BCUT2D eigenvalue weighted by atomic mass is 9.82. The van der Waals surface area contributed by atoms with Crippen molar-refractivity contribution in [3.05, 3.63) is 93.6 Å². The Hall–Kier alpha value is -2.98. The number of nitrogens with one attached hydrogen (secondary N) is 1.